The second-order valence-electron chi connectivity index (χ2n) is 3.72. The van der Waals surface area contributed by atoms with Crippen LogP contribution in [-0.2, 0) is 9.59 Å². The predicted molar refractivity (Wildman–Crippen MR) is 60.1 cm³/mol. The van der Waals surface area contributed by atoms with Gasteiger partial charge in [-0.3, -0.25) is 19.8 Å². The molecule has 0 spiro atoms. The summed E-state index contributed by atoms with van der Waals surface area (Å²) in [5, 5.41) is 0. The van der Waals surface area contributed by atoms with Gasteiger partial charge in [-0.15, -0.1) is 0 Å². The highest BCUT2D eigenvalue weighted by Crippen LogP contribution is 2.20. The molecular weight excluding hydrogens is 222 g/mol. The summed E-state index contributed by atoms with van der Waals surface area (Å²) in [7, 11) is 0. The highest BCUT2D eigenvalue weighted by Gasteiger charge is 2.28. The number of carbonyl (C=O) groups excluding carboxylic acids is 3. The number of Topliss-reactive ketones (excluding diaryl/α,β-unsaturated/α-hetero) is 1. The SMILES string of the molecule is NNC(=O)c1ccc(N2CC(=O)CC2=O)cc1. The average Bonchev–Trinajstić information content (AvgIpc) is 2.68. The third kappa shape index (κ3) is 2.16. The van der Waals surface area contributed by atoms with E-state index in [1.54, 1.807) is 24.3 Å². The molecular formula is C11H11N3O3. The number of nitrogen functional groups attached to an aromatic ring is 1. The Morgan fingerprint density at radius 3 is 2.35 bits per heavy atom. The molecule has 3 N–H and O–H groups in total. The van der Waals surface area contributed by atoms with E-state index in [4.69, 9.17) is 5.84 Å². The molecule has 2 amide bonds. The lowest BCUT2D eigenvalue weighted by Gasteiger charge is -2.14. The van der Waals surface area contributed by atoms with E-state index in [2.05, 4.69) is 0 Å². The normalized spacial score (nSPS) is 15.2. The van der Waals surface area contributed by atoms with Gasteiger partial charge in [-0.2, -0.15) is 0 Å². The van der Waals surface area contributed by atoms with E-state index in [9.17, 15) is 14.4 Å². The molecule has 6 heteroatoms. The monoisotopic (exact) mass is 233 g/mol. The van der Waals surface area contributed by atoms with Crippen molar-refractivity contribution in [2.24, 2.45) is 5.84 Å². The van der Waals surface area contributed by atoms with Gasteiger partial charge in [0, 0.05) is 11.3 Å². The zero-order valence-corrected chi connectivity index (χ0v) is 8.97. The van der Waals surface area contributed by atoms with Crippen LogP contribution in [0.3, 0.4) is 0 Å². The van der Waals surface area contributed by atoms with Gasteiger partial charge in [-0.05, 0) is 24.3 Å². The van der Waals surface area contributed by atoms with Crippen LogP contribution in [0.5, 0.6) is 0 Å². The molecule has 1 aromatic carbocycles. The van der Waals surface area contributed by atoms with Crippen LogP contribution in [0.15, 0.2) is 24.3 Å². The quantitative estimate of drug-likeness (QED) is 0.314. The van der Waals surface area contributed by atoms with Crippen LogP contribution in [0.2, 0.25) is 0 Å². The summed E-state index contributed by atoms with van der Waals surface area (Å²) in [5.74, 6) is 4.28. The number of hydrazine groups is 1. The number of anilines is 1. The van der Waals surface area contributed by atoms with E-state index >= 15 is 0 Å². The second-order valence-corrected chi connectivity index (χ2v) is 3.72. The van der Waals surface area contributed by atoms with Gasteiger partial charge in [0.15, 0.2) is 5.78 Å². The lowest BCUT2D eigenvalue weighted by Crippen LogP contribution is -2.30. The Bertz CT molecular complexity index is 481. The zero-order chi connectivity index (χ0) is 12.4. The maximum absolute atomic E-state index is 11.5. The third-order valence-corrected chi connectivity index (χ3v) is 2.56. The molecule has 0 saturated carbocycles. The lowest BCUT2D eigenvalue weighted by atomic mass is 10.2. The molecule has 1 saturated heterocycles. The Balaban J connectivity index is 2.21. The van der Waals surface area contributed by atoms with Crippen LogP contribution in [0, 0.1) is 0 Å². The van der Waals surface area contributed by atoms with E-state index in [1.807, 2.05) is 5.43 Å². The second kappa shape index (κ2) is 4.34. The molecule has 2 rings (SSSR count). The summed E-state index contributed by atoms with van der Waals surface area (Å²) >= 11 is 0. The van der Waals surface area contributed by atoms with Gasteiger partial charge >= 0.3 is 0 Å². The molecule has 88 valence electrons. The van der Waals surface area contributed by atoms with Crippen molar-refractivity contribution >= 4 is 23.3 Å². The number of rotatable bonds is 2. The van der Waals surface area contributed by atoms with E-state index in [0.29, 0.717) is 11.3 Å². The van der Waals surface area contributed by atoms with Crippen molar-refractivity contribution < 1.29 is 14.4 Å². The van der Waals surface area contributed by atoms with Gasteiger partial charge in [0.1, 0.15) is 0 Å². The molecule has 0 atom stereocenters. The van der Waals surface area contributed by atoms with Gasteiger partial charge in [0.25, 0.3) is 5.91 Å². The van der Waals surface area contributed by atoms with Gasteiger partial charge < -0.3 is 4.90 Å². The first-order valence-corrected chi connectivity index (χ1v) is 5.05. The first kappa shape index (κ1) is 11.3. The maximum Gasteiger partial charge on any atom is 0.265 e. The van der Waals surface area contributed by atoms with Gasteiger partial charge in [-0.1, -0.05) is 0 Å². The molecule has 0 unspecified atom stereocenters. The van der Waals surface area contributed by atoms with Crippen LogP contribution in [-0.4, -0.2) is 24.1 Å². The standard InChI is InChI=1S/C11H11N3O3/c12-13-11(17)7-1-3-8(4-2-7)14-6-9(15)5-10(14)16/h1-4H,5-6,12H2,(H,13,17). The molecule has 1 aliphatic heterocycles. The summed E-state index contributed by atoms with van der Waals surface area (Å²) < 4.78 is 0. The van der Waals surface area contributed by atoms with Crippen LogP contribution in [0.1, 0.15) is 16.8 Å². The maximum atomic E-state index is 11.5. The first-order chi connectivity index (χ1) is 8.11. The van der Waals surface area contributed by atoms with Crippen LogP contribution >= 0.6 is 0 Å². The van der Waals surface area contributed by atoms with E-state index in [0.717, 1.165) is 0 Å². The Morgan fingerprint density at radius 2 is 1.88 bits per heavy atom. The van der Waals surface area contributed by atoms with Gasteiger partial charge in [0.05, 0.1) is 13.0 Å². The summed E-state index contributed by atoms with van der Waals surface area (Å²) in [6.07, 6.45) is -0.0506. The number of ketones is 1. The number of nitrogens with zero attached hydrogens (tertiary/aromatic N) is 1. The van der Waals surface area contributed by atoms with Crippen LogP contribution < -0.4 is 16.2 Å². The molecule has 1 aliphatic rings. The van der Waals surface area contributed by atoms with E-state index < -0.39 is 5.91 Å². The van der Waals surface area contributed by atoms with Gasteiger partial charge in [0.2, 0.25) is 5.91 Å². The topological polar surface area (TPSA) is 92.5 Å². The Labute approximate surface area is 97.4 Å². The molecule has 0 aliphatic carbocycles. The van der Waals surface area contributed by atoms with Crippen molar-refractivity contribution in [3.8, 4) is 0 Å². The van der Waals surface area contributed by atoms with E-state index in [-0.39, 0.29) is 24.7 Å². The zero-order valence-electron chi connectivity index (χ0n) is 8.97. The average molecular weight is 233 g/mol. The number of amides is 2. The number of benzene rings is 1. The fourth-order valence-corrected chi connectivity index (χ4v) is 1.70. The number of hydrogen-bond donors (Lipinski definition) is 2. The number of carbonyl (C=O) groups is 3. The minimum absolute atomic E-state index is 0.0506. The minimum Gasteiger partial charge on any atom is -0.305 e. The molecule has 17 heavy (non-hydrogen) atoms. The van der Waals surface area contributed by atoms with Crippen molar-refractivity contribution in [1.29, 1.82) is 0 Å². The number of hydrogen-bond acceptors (Lipinski definition) is 4. The molecule has 1 aromatic rings. The number of nitrogens with two attached hydrogens (primary N) is 1. The molecule has 1 fully saturated rings. The minimum atomic E-state index is -0.402. The lowest BCUT2D eigenvalue weighted by molar-refractivity contribution is -0.121. The Morgan fingerprint density at radius 1 is 1.24 bits per heavy atom. The van der Waals surface area contributed by atoms with Crippen molar-refractivity contribution in [3.63, 3.8) is 0 Å². The highest BCUT2D eigenvalue weighted by atomic mass is 16.2. The summed E-state index contributed by atoms with van der Waals surface area (Å²) in [6, 6.07) is 6.32. The molecule has 6 nitrogen and oxygen atoms in total. The summed E-state index contributed by atoms with van der Waals surface area (Å²) in [4.78, 5) is 35.2. The van der Waals surface area contributed by atoms with Crippen LogP contribution in [0.25, 0.3) is 0 Å². The summed E-state index contributed by atoms with van der Waals surface area (Å²) in [6.45, 7) is 0.0985. The number of nitrogens with one attached hydrogen (secondary N) is 1. The van der Waals surface area contributed by atoms with Crippen molar-refractivity contribution in [1.82, 2.24) is 5.43 Å². The summed E-state index contributed by atoms with van der Waals surface area (Å²) in [5.41, 5.74) is 3.02. The van der Waals surface area contributed by atoms with Crippen molar-refractivity contribution in [3.05, 3.63) is 29.8 Å². The van der Waals surface area contributed by atoms with Gasteiger partial charge in [-0.25, -0.2) is 5.84 Å². The Hall–Kier alpha value is -2.21. The highest BCUT2D eigenvalue weighted by molar-refractivity contribution is 6.15. The first-order valence-electron chi connectivity index (χ1n) is 5.05. The smallest absolute Gasteiger partial charge is 0.265 e. The molecule has 0 aromatic heterocycles. The van der Waals surface area contributed by atoms with Crippen molar-refractivity contribution in [2.45, 2.75) is 6.42 Å². The largest absolute Gasteiger partial charge is 0.305 e. The predicted octanol–water partition coefficient (Wildman–Crippen LogP) is -0.404. The van der Waals surface area contributed by atoms with Crippen molar-refractivity contribution in [2.75, 3.05) is 11.4 Å². The molecule has 1 heterocycles. The third-order valence-electron chi connectivity index (χ3n) is 2.56. The molecule has 0 radical (unpaired) electrons. The Kier molecular flexibility index (Phi) is 2.88. The van der Waals surface area contributed by atoms with Crippen LogP contribution in [0.4, 0.5) is 5.69 Å². The fourth-order valence-electron chi connectivity index (χ4n) is 1.70. The fraction of sp³-hybridized carbons (Fsp3) is 0.182. The van der Waals surface area contributed by atoms with E-state index in [1.165, 1.54) is 4.90 Å². The molecule has 0 bridgehead atoms.